The lowest BCUT2D eigenvalue weighted by molar-refractivity contribution is 0.0386. The molecular formula is C25H33N3OS. The molecule has 4 heterocycles. The number of aryl methyl sites for hydroxylation is 2. The predicted octanol–water partition coefficient (Wildman–Crippen LogP) is 5.60. The third-order valence-corrected chi connectivity index (χ3v) is 7.82. The van der Waals surface area contributed by atoms with Crippen molar-refractivity contribution < 1.29 is 4.74 Å². The number of thiophene rings is 1. The van der Waals surface area contributed by atoms with E-state index in [-0.39, 0.29) is 11.0 Å². The molecular weight excluding hydrogens is 390 g/mol. The fraction of sp³-hybridized carbons (Fsp3) is 0.520. The van der Waals surface area contributed by atoms with Gasteiger partial charge in [-0.2, -0.15) is 0 Å². The van der Waals surface area contributed by atoms with Crippen molar-refractivity contribution in [3.63, 3.8) is 0 Å². The van der Waals surface area contributed by atoms with Gasteiger partial charge in [0.1, 0.15) is 4.83 Å². The molecule has 0 spiro atoms. The van der Waals surface area contributed by atoms with Crippen molar-refractivity contribution in [2.75, 3.05) is 26.3 Å². The molecule has 3 aromatic rings. The highest BCUT2D eigenvalue weighted by molar-refractivity contribution is 7.18. The lowest BCUT2D eigenvalue weighted by atomic mass is 9.82. The Balaban J connectivity index is 1.50. The summed E-state index contributed by atoms with van der Waals surface area (Å²) in [6.07, 6.45) is 7.35. The van der Waals surface area contributed by atoms with Crippen LogP contribution in [0.25, 0.3) is 10.2 Å². The average molecular weight is 424 g/mol. The number of likely N-dealkylation sites (tertiary alicyclic amines) is 1. The van der Waals surface area contributed by atoms with Gasteiger partial charge in [-0.25, -0.2) is 4.98 Å². The van der Waals surface area contributed by atoms with Gasteiger partial charge in [0.05, 0.1) is 6.61 Å². The topological polar surface area (TPSA) is 38.2 Å². The fourth-order valence-corrected chi connectivity index (χ4v) is 5.57. The van der Waals surface area contributed by atoms with E-state index in [2.05, 4.69) is 59.9 Å². The molecule has 1 atom stereocenters. The first-order chi connectivity index (χ1) is 14.4. The van der Waals surface area contributed by atoms with E-state index in [4.69, 9.17) is 4.74 Å². The average Bonchev–Trinajstić information content (AvgIpc) is 3.36. The number of fused-ring (bicyclic) bond motifs is 1. The van der Waals surface area contributed by atoms with Gasteiger partial charge < -0.3 is 4.74 Å². The third-order valence-electron chi connectivity index (χ3n) is 6.71. The zero-order valence-electron chi connectivity index (χ0n) is 18.6. The molecule has 0 radical (unpaired) electrons. The Kier molecular flexibility index (Phi) is 6.24. The van der Waals surface area contributed by atoms with E-state index in [0.29, 0.717) is 0 Å². The number of rotatable bonds is 8. The Morgan fingerprint density at radius 3 is 2.83 bits per heavy atom. The van der Waals surface area contributed by atoms with Crippen LogP contribution in [0.3, 0.4) is 0 Å². The summed E-state index contributed by atoms with van der Waals surface area (Å²) in [6, 6.07) is 10.8. The molecule has 0 amide bonds. The Bertz CT molecular complexity index is 948. The van der Waals surface area contributed by atoms with Gasteiger partial charge in [0, 0.05) is 52.5 Å². The lowest BCUT2D eigenvalue weighted by Crippen LogP contribution is -2.42. The smallest absolute Gasteiger partial charge is 0.123 e. The van der Waals surface area contributed by atoms with E-state index in [1.165, 1.54) is 22.2 Å². The molecule has 30 heavy (non-hydrogen) atoms. The Hall–Kier alpha value is -1.82. The van der Waals surface area contributed by atoms with Gasteiger partial charge in [0.15, 0.2) is 0 Å². The summed E-state index contributed by atoms with van der Waals surface area (Å²) in [5.74, 6) is 0. The SMILES string of the molecule is CCOCC1(CCc2cc3cccnc3s2)CCN(C(C)(C)c2ccc(C)nc2)C1. The molecule has 4 rings (SSSR count). The summed E-state index contributed by atoms with van der Waals surface area (Å²) < 4.78 is 6.00. The number of hydrogen-bond donors (Lipinski definition) is 0. The van der Waals surface area contributed by atoms with Crippen LogP contribution in [0.4, 0.5) is 0 Å². The van der Waals surface area contributed by atoms with Crippen LogP contribution in [0, 0.1) is 12.3 Å². The van der Waals surface area contributed by atoms with Crippen LogP contribution in [0.1, 0.15) is 49.7 Å². The van der Waals surface area contributed by atoms with Crippen LogP contribution in [0.2, 0.25) is 0 Å². The summed E-state index contributed by atoms with van der Waals surface area (Å²) in [4.78, 5) is 14.3. The van der Waals surface area contributed by atoms with Crippen molar-refractivity contribution in [2.45, 2.75) is 52.5 Å². The number of nitrogens with zero attached hydrogens (tertiary/aromatic N) is 3. The molecule has 5 heteroatoms. The van der Waals surface area contributed by atoms with Crippen molar-refractivity contribution in [1.82, 2.24) is 14.9 Å². The number of ether oxygens (including phenoxy) is 1. The monoisotopic (exact) mass is 423 g/mol. The second-order valence-corrected chi connectivity index (χ2v) is 10.3. The number of aromatic nitrogens is 2. The van der Waals surface area contributed by atoms with E-state index in [9.17, 15) is 0 Å². The van der Waals surface area contributed by atoms with Crippen LogP contribution in [0.15, 0.2) is 42.7 Å². The minimum Gasteiger partial charge on any atom is -0.381 e. The molecule has 4 nitrogen and oxygen atoms in total. The van der Waals surface area contributed by atoms with Crippen LogP contribution in [0.5, 0.6) is 0 Å². The van der Waals surface area contributed by atoms with Gasteiger partial charge in [-0.05, 0) is 77.3 Å². The van der Waals surface area contributed by atoms with Crippen LogP contribution in [-0.2, 0) is 16.7 Å². The molecule has 0 saturated carbocycles. The predicted molar refractivity (Wildman–Crippen MR) is 125 cm³/mol. The molecule has 1 fully saturated rings. The van der Waals surface area contributed by atoms with Crippen molar-refractivity contribution >= 4 is 21.6 Å². The largest absolute Gasteiger partial charge is 0.381 e. The lowest BCUT2D eigenvalue weighted by Gasteiger charge is -2.38. The highest BCUT2D eigenvalue weighted by Crippen LogP contribution is 2.42. The molecule has 1 unspecified atom stereocenters. The Morgan fingerprint density at radius 2 is 2.10 bits per heavy atom. The molecule has 0 aromatic carbocycles. The summed E-state index contributed by atoms with van der Waals surface area (Å²) >= 11 is 1.83. The van der Waals surface area contributed by atoms with Crippen LogP contribution < -0.4 is 0 Å². The maximum absolute atomic E-state index is 6.00. The minimum atomic E-state index is -0.0316. The van der Waals surface area contributed by atoms with E-state index >= 15 is 0 Å². The van der Waals surface area contributed by atoms with Crippen LogP contribution in [-0.4, -0.2) is 41.2 Å². The molecule has 1 aliphatic rings. The molecule has 1 saturated heterocycles. The first-order valence-electron chi connectivity index (χ1n) is 11.0. The summed E-state index contributed by atoms with van der Waals surface area (Å²) in [5.41, 5.74) is 2.53. The molecule has 0 N–H and O–H groups in total. The number of hydrogen-bond acceptors (Lipinski definition) is 5. The third kappa shape index (κ3) is 4.43. The van der Waals surface area contributed by atoms with Crippen molar-refractivity contribution in [3.05, 3.63) is 58.9 Å². The van der Waals surface area contributed by atoms with Crippen molar-refractivity contribution in [1.29, 1.82) is 0 Å². The zero-order chi connectivity index (χ0) is 21.2. The minimum absolute atomic E-state index is 0.0316. The van der Waals surface area contributed by atoms with Gasteiger partial charge in [0.2, 0.25) is 0 Å². The maximum atomic E-state index is 6.00. The summed E-state index contributed by atoms with van der Waals surface area (Å²) in [7, 11) is 0. The van der Waals surface area contributed by atoms with Crippen molar-refractivity contribution in [3.8, 4) is 0 Å². The van der Waals surface area contributed by atoms with E-state index < -0.39 is 0 Å². The first-order valence-corrected chi connectivity index (χ1v) is 11.8. The summed E-state index contributed by atoms with van der Waals surface area (Å²) in [5, 5.41) is 1.26. The quantitative estimate of drug-likeness (QED) is 0.473. The second-order valence-electron chi connectivity index (χ2n) is 9.17. The first kappa shape index (κ1) is 21.4. The molecule has 160 valence electrons. The highest BCUT2D eigenvalue weighted by atomic mass is 32.1. The standard InChI is InChI=1S/C25H33N3OS/c1-5-29-18-25(11-10-22-15-20-7-6-13-26-23(20)30-22)12-14-28(17-25)24(3,4)21-9-8-19(2)27-16-21/h6-9,13,15-16H,5,10-12,14,17-18H2,1-4H3. The van der Waals surface area contributed by atoms with E-state index in [0.717, 1.165) is 49.7 Å². The normalized spacial score (nSPS) is 20.3. The van der Waals surface area contributed by atoms with Gasteiger partial charge in [-0.1, -0.05) is 12.1 Å². The Labute approximate surface area is 184 Å². The second kappa shape index (κ2) is 8.74. The fourth-order valence-electron chi connectivity index (χ4n) is 4.57. The molecule has 0 bridgehead atoms. The maximum Gasteiger partial charge on any atom is 0.123 e. The molecule has 0 aliphatic carbocycles. The number of pyridine rings is 2. The highest BCUT2D eigenvalue weighted by Gasteiger charge is 2.43. The van der Waals surface area contributed by atoms with Crippen LogP contribution >= 0.6 is 11.3 Å². The van der Waals surface area contributed by atoms with Crippen molar-refractivity contribution in [2.24, 2.45) is 5.41 Å². The molecule has 1 aliphatic heterocycles. The zero-order valence-corrected chi connectivity index (χ0v) is 19.5. The van der Waals surface area contributed by atoms with Gasteiger partial charge in [-0.15, -0.1) is 11.3 Å². The Morgan fingerprint density at radius 1 is 1.23 bits per heavy atom. The van der Waals surface area contributed by atoms with Gasteiger partial charge >= 0.3 is 0 Å². The van der Waals surface area contributed by atoms with E-state index in [1.807, 2.05) is 36.7 Å². The van der Waals surface area contributed by atoms with Gasteiger partial charge in [0.25, 0.3) is 0 Å². The van der Waals surface area contributed by atoms with E-state index in [1.54, 1.807) is 0 Å². The van der Waals surface area contributed by atoms with Gasteiger partial charge in [-0.3, -0.25) is 9.88 Å². The molecule has 3 aromatic heterocycles. The summed E-state index contributed by atoms with van der Waals surface area (Å²) in [6.45, 7) is 12.6.